The van der Waals surface area contributed by atoms with Gasteiger partial charge < -0.3 is 4.74 Å². The first-order valence-corrected chi connectivity index (χ1v) is 9.93. The fourth-order valence-corrected chi connectivity index (χ4v) is 3.70. The Kier molecular flexibility index (Phi) is 6.59. The van der Waals surface area contributed by atoms with Crippen LogP contribution in [0.25, 0.3) is 11.1 Å². The van der Waals surface area contributed by atoms with Gasteiger partial charge in [0.05, 0.1) is 12.7 Å². The van der Waals surface area contributed by atoms with Crippen LogP contribution in [0, 0.1) is 23.4 Å². The Morgan fingerprint density at radius 1 is 0.963 bits per heavy atom. The van der Waals surface area contributed by atoms with Crippen LogP contribution in [0.3, 0.4) is 0 Å². The van der Waals surface area contributed by atoms with E-state index >= 15 is 0 Å². The van der Waals surface area contributed by atoms with Crippen molar-refractivity contribution in [3.05, 3.63) is 58.9 Å². The number of ether oxygens (including phenoxy) is 1. The first-order valence-electron chi connectivity index (χ1n) is 9.93. The first-order chi connectivity index (χ1) is 13.0. The summed E-state index contributed by atoms with van der Waals surface area (Å²) < 4.78 is 49.4. The van der Waals surface area contributed by atoms with Gasteiger partial charge in [-0.2, -0.15) is 0 Å². The highest BCUT2D eigenvalue weighted by atomic mass is 19.2. The third kappa shape index (κ3) is 4.37. The van der Waals surface area contributed by atoms with Gasteiger partial charge in [-0.15, -0.1) is 0 Å². The van der Waals surface area contributed by atoms with Gasteiger partial charge in [0.2, 0.25) is 0 Å². The van der Waals surface area contributed by atoms with Crippen molar-refractivity contribution in [1.82, 2.24) is 0 Å². The molecule has 0 aromatic heterocycles. The van der Waals surface area contributed by atoms with Crippen LogP contribution in [0.4, 0.5) is 13.2 Å². The van der Waals surface area contributed by atoms with Crippen LogP contribution < -0.4 is 0 Å². The molecule has 3 rings (SSSR count). The lowest BCUT2D eigenvalue weighted by atomic mass is 9.92. The van der Waals surface area contributed by atoms with Crippen molar-refractivity contribution in [3.8, 4) is 11.1 Å². The second-order valence-corrected chi connectivity index (χ2v) is 7.42. The van der Waals surface area contributed by atoms with Crippen LogP contribution in [-0.2, 0) is 11.2 Å². The zero-order valence-electron chi connectivity index (χ0n) is 16.0. The van der Waals surface area contributed by atoms with Crippen molar-refractivity contribution in [2.75, 3.05) is 6.61 Å². The van der Waals surface area contributed by atoms with Gasteiger partial charge >= 0.3 is 0 Å². The summed E-state index contributed by atoms with van der Waals surface area (Å²) in [6.07, 6.45) is 5.04. The molecule has 4 heteroatoms. The molecule has 1 aliphatic heterocycles. The summed E-state index contributed by atoms with van der Waals surface area (Å²) in [4.78, 5) is 0. The highest BCUT2D eigenvalue weighted by molar-refractivity contribution is 5.66. The molecule has 0 amide bonds. The molecule has 1 saturated heterocycles. The smallest absolute Gasteiger partial charge is 0.167 e. The zero-order valence-corrected chi connectivity index (χ0v) is 16.0. The fraction of sp³-hybridized carbons (Fsp3) is 0.478. The molecule has 2 atom stereocenters. The summed E-state index contributed by atoms with van der Waals surface area (Å²) in [5.74, 6) is -1.83. The van der Waals surface area contributed by atoms with E-state index in [-0.39, 0.29) is 17.2 Å². The predicted molar refractivity (Wildman–Crippen MR) is 102 cm³/mol. The maximum Gasteiger partial charge on any atom is 0.167 e. The molecule has 27 heavy (non-hydrogen) atoms. The molecule has 146 valence electrons. The Morgan fingerprint density at radius 2 is 1.74 bits per heavy atom. The molecule has 0 spiro atoms. The summed E-state index contributed by atoms with van der Waals surface area (Å²) in [5.41, 5.74) is 1.15. The zero-order chi connectivity index (χ0) is 19.4. The predicted octanol–water partition coefficient (Wildman–Crippen LogP) is 6.99. The van der Waals surface area contributed by atoms with Crippen molar-refractivity contribution < 1.29 is 17.9 Å². The Labute approximate surface area is 159 Å². The Balaban J connectivity index is 1.83. The maximum atomic E-state index is 14.7. The molecule has 0 bridgehead atoms. The second kappa shape index (κ2) is 8.92. The van der Waals surface area contributed by atoms with Crippen LogP contribution in [0.2, 0.25) is 0 Å². The summed E-state index contributed by atoms with van der Waals surface area (Å²) in [6.45, 7) is 4.83. The Bertz CT molecular complexity index is 779. The average Bonchev–Trinajstić information content (AvgIpc) is 2.69. The minimum Gasteiger partial charge on any atom is -0.373 e. The van der Waals surface area contributed by atoms with Crippen LogP contribution in [0.5, 0.6) is 0 Å². The molecular formula is C23H27F3O. The Morgan fingerprint density at radius 3 is 2.37 bits per heavy atom. The van der Waals surface area contributed by atoms with E-state index in [1.807, 2.05) is 6.92 Å². The van der Waals surface area contributed by atoms with E-state index in [0.717, 1.165) is 37.7 Å². The monoisotopic (exact) mass is 376 g/mol. The second-order valence-electron chi connectivity index (χ2n) is 7.42. The quantitative estimate of drug-likeness (QED) is 0.528. The first kappa shape index (κ1) is 19.9. The highest BCUT2D eigenvalue weighted by Gasteiger charge is 2.23. The lowest BCUT2D eigenvalue weighted by Gasteiger charge is -2.28. The number of hydrogen-bond acceptors (Lipinski definition) is 1. The van der Waals surface area contributed by atoms with Crippen LogP contribution >= 0.6 is 0 Å². The third-order valence-corrected chi connectivity index (χ3v) is 5.56. The van der Waals surface area contributed by atoms with Crippen molar-refractivity contribution in [2.24, 2.45) is 5.92 Å². The SMILES string of the molecule is CCCCc1ccc(-c2ccc(C3CCC(CC)CO3)cc2F)c(F)c1F. The standard InChI is InChI=1S/C23H27F3O/c1-3-5-6-16-8-11-19(23(26)22(16)25)18-10-9-17(13-20(18)24)21-12-7-15(4-2)14-27-21/h8-11,13,15,21H,3-7,12,14H2,1-2H3. The van der Waals surface area contributed by atoms with Gasteiger partial charge in [-0.1, -0.05) is 51.0 Å². The normalized spacial score (nSPS) is 20.0. The van der Waals surface area contributed by atoms with Gasteiger partial charge in [0.1, 0.15) is 5.82 Å². The van der Waals surface area contributed by atoms with Gasteiger partial charge in [-0.05, 0) is 48.8 Å². The molecule has 2 aromatic carbocycles. The van der Waals surface area contributed by atoms with Crippen LogP contribution in [-0.4, -0.2) is 6.61 Å². The molecule has 0 saturated carbocycles. The van der Waals surface area contributed by atoms with Crippen LogP contribution in [0.1, 0.15) is 63.2 Å². The number of unbranched alkanes of at least 4 members (excludes halogenated alkanes) is 1. The van der Waals surface area contributed by atoms with Crippen molar-refractivity contribution in [1.29, 1.82) is 0 Å². The van der Waals surface area contributed by atoms with E-state index in [0.29, 0.717) is 24.5 Å². The minimum atomic E-state index is -0.977. The van der Waals surface area contributed by atoms with Crippen LogP contribution in [0.15, 0.2) is 30.3 Å². The van der Waals surface area contributed by atoms with Crippen molar-refractivity contribution in [3.63, 3.8) is 0 Å². The summed E-state index contributed by atoms with van der Waals surface area (Å²) >= 11 is 0. The van der Waals surface area contributed by atoms with E-state index in [4.69, 9.17) is 4.74 Å². The molecule has 0 aliphatic carbocycles. The molecule has 1 aliphatic rings. The topological polar surface area (TPSA) is 9.23 Å². The third-order valence-electron chi connectivity index (χ3n) is 5.56. The summed E-state index contributed by atoms with van der Waals surface area (Å²) in [5, 5.41) is 0. The number of aryl methyl sites for hydroxylation is 1. The van der Waals surface area contributed by atoms with E-state index in [9.17, 15) is 13.2 Å². The lowest BCUT2D eigenvalue weighted by molar-refractivity contribution is -0.0182. The maximum absolute atomic E-state index is 14.7. The van der Waals surface area contributed by atoms with Gasteiger partial charge in [0.25, 0.3) is 0 Å². The summed E-state index contributed by atoms with van der Waals surface area (Å²) in [7, 11) is 0. The molecule has 1 fully saturated rings. The number of rotatable bonds is 6. The van der Waals surface area contributed by atoms with E-state index in [2.05, 4.69) is 6.92 Å². The molecule has 2 aromatic rings. The molecule has 1 nitrogen and oxygen atoms in total. The minimum absolute atomic E-state index is 0.0348. The molecule has 0 radical (unpaired) electrons. The average molecular weight is 376 g/mol. The van der Waals surface area contributed by atoms with Crippen molar-refractivity contribution in [2.45, 2.75) is 58.5 Å². The Hall–Kier alpha value is -1.81. The number of hydrogen-bond donors (Lipinski definition) is 0. The van der Waals surface area contributed by atoms with Crippen molar-refractivity contribution >= 4 is 0 Å². The number of benzene rings is 2. The molecule has 0 N–H and O–H groups in total. The van der Waals surface area contributed by atoms with Gasteiger partial charge in [-0.25, -0.2) is 13.2 Å². The fourth-order valence-electron chi connectivity index (χ4n) is 3.70. The van der Waals surface area contributed by atoms with Gasteiger partial charge in [0.15, 0.2) is 11.6 Å². The largest absolute Gasteiger partial charge is 0.373 e. The lowest BCUT2D eigenvalue weighted by Crippen LogP contribution is -2.20. The highest BCUT2D eigenvalue weighted by Crippen LogP contribution is 2.35. The van der Waals surface area contributed by atoms with Gasteiger partial charge in [-0.3, -0.25) is 0 Å². The number of halogens is 3. The molecule has 1 heterocycles. The molecule has 2 unspecified atom stereocenters. The van der Waals surface area contributed by atoms with Gasteiger partial charge in [0, 0.05) is 11.1 Å². The van der Waals surface area contributed by atoms with E-state index < -0.39 is 17.5 Å². The van der Waals surface area contributed by atoms with E-state index in [1.165, 1.54) is 18.2 Å². The molecular weight excluding hydrogens is 349 g/mol. The van der Waals surface area contributed by atoms with E-state index in [1.54, 1.807) is 12.1 Å². The summed E-state index contributed by atoms with van der Waals surface area (Å²) in [6, 6.07) is 7.73.